The molecule has 2 aliphatic heterocycles. The molecular formula is C10H20N2O3S. The minimum absolute atomic E-state index is 0.0856. The van der Waals surface area contributed by atoms with Gasteiger partial charge >= 0.3 is 0 Å². The van der Waals surface area contributed by atoms with Crippen molar-refractivity contribution in [3.63, 3.8) is 0 Å². The Balaban J connectivity index is 2.18. The molecule has 6 heteroatoms. The first-order valence-corrected chi connectivity index (χ1v) is 7.50. The SMILES string of the molecule is CC1(C)CNCCN1C1CS(=O)(=O)CC1O. The van der Waals surface area contributed by atoms with Crippen molar-refractivity contribution in [1.29, 1.82) is 0 Å². The Morgan fingerprint density at radius 1 is 1.38 bits per heavy atom. The number of hydrogen-bond donors (Lipinski definition) is 2. The highest BCUT2D eigenvalue weighted by Gasteiger charge is 2.45. The van der Waals surface area contributed by atoms with E-state index in [0.717, 1.165) is 19.6 Å². The van der Waals surface area contributed by atoms with Crippen LogP contribution in [0.4, 0.5) is 0 Å². The quantitative estimate of drug-likeness (QED) is 0.612. The van der Waals surface area contributed by atoms with Gasteiger partial charge in [-0.25, -0.2) is 8.42 Å². The molecule has 0 aromatic rings. The van der Waals surface area contributed by atoms with Gasteiger partial charge in [0, 0.05) is 25.2 Å². The third-order valence-corrected chi connectivity index (χ3v) is 5.26. The zero-order valence-corrected chi connectivity index (χ0v) is 10.6. The third-order valence-electron chi connectivity index (χ3n) is 3.56. The zero-order valence-electron chi connectivity index (χ0n) is 9.81. The molecule has 2 rings (SSSR count). The molecular weight excluding hydrogens is 228 g/mol. The predicted octanol–water partition coefficient (Wildman–Crippen LogP) is -1.17. The van der Waals surface area contributed by atoms with Crippen molar-refractivity contribution < 1.29 is 13.5 Å². The zero-order chi connectivity index (χ0) is 12.0. The predicted molar refractivity (Wildman–Crippen MR) is 62.1 cm³/mol. The lowest BCUT2D eigenvalue weighted by Gasteiger charge is -2.46. The van der Waals surface area contributed by atoms with Gasteiger partial charge in [0.25, 0.3) is 0 Å². The van der Waals surface area contributed by atoms with Crippen LogP contribution in [0.2, 0.25) is 0 Å². The summed E-state index contributed by atoms with van der Waals surface area (Å²) in [5.74, 6) is 0.00920. The van der Waals surface area contributed by atoms with Crippen molar-refractivity contribution in [2.45, 2.75) is 31.5 Å². The molecule has 2 fully saturated rings. The van der Waals surface area contributed by atoms with Gasteiger partial charge in [-0.3, -0.25) is 4.90 Å². The summed E-state index contributed by atoms with van der Waals surface area (Å²) in [7, 11) is -3.06. The Bertz CT molecular complexity index is 366. The minimum atomic E-state index is -3.06. The van der Waals surface area contributed by atoms with Gasteiger partial charge in [0.1, 0.15) is 0 Å². The van der Waals surface area contributed by atoms with E-state index >= 15 is 0 Å². The molecule has 0 spiro atoms. The smallest absolute Gasteiger partial charge is 0.154 e. The molecule has 2 atom stereocenters. The first-order valence-electron chi connectivity index (χ1n) is 5.68. The van der Waals surface area contributed by atoms with Crippen molar-refractivity contribution >= 4 is 9.84 Å². The van der Waals surface area contributed by atoms with Gasteiger partial charge in [0.05, 0.1) is 23.7 Å². The number of aliphatic hydroxyl groups excluding tert-OH is 1. The molecule has 94 valence electrons. The van der Waals surface area contributed by atoms with E-state index in [1.807, 2.05) is 0 Å². The lowest BCUT2D eigenvalue weighted by Crippen LogP contribution is -2.63. The highest BCUT2D eigenvalue weighted by molar-refractivity contribution is 7.91. The van der Waals surface area contributed by atoms with Crippen LogP contribution in [0.1, 0.15) is 13.8 Å². The van der Waals surface area contributed by atoms with Gasteiger partial charge in [0.15, 0.2) is 9.84 Å². The Kier molecular flexibility index (Phi) is 3.03. The van der Waals surface area contributed by atoms with Gasteiger partial charge in [-0.1, -0.05) is 0 Å². The number of sulfone groups is 1. The molecule has 0 aliphatic carbocycles. The van der Waals surface area contributed by atoms with Crippen LogP contribution in [0.3, 0.4) is 0 Å². The van der Waals surface area contributed by atoms with E-state index in [0.29, 0.717) is 0 Å². The van der Waals surface area contributed by atoms with Crippen molar-refractivity contribution in [3.05, 3.63) is 0 Å². The summed E-state index contributed by atoms with van der Waals surface area (Å²) in [5, 5.41) is 13.2. The summed E-state index contributed by atoms with van der Waals surface area (Å²) in [6, 6.07) is -0.234. The topological polar surface area (TPSA) is 69.6 Å². The second-order valence-corrected chi connectivity index (χ2v) is 7.55. The average Bonchev–Trinajstić information content (AvgIpc) is 2.39. The first-order chi connectivity index (χ1) is 7.32. The molecule has 0 amide bonds. The molecule has 0 bridgehead atoms. The third kappa shape index (κ3) is 2.25. The monoisotopic (exact) mass is 248 g/mol. The molecule has 0 aromatic heterocycles. The fourth-order valence-corrected chi connectivity index (χ4v) is 4.52. The minimum Gasteiger partial charge on any atom is -0.390 e. The Hall–Kier alpha value is -0.170. The fraction of sp³-hybridized carbons (Fsp3) is 1.00. The summed E-state index contributed by atoms with van der Waals surface area (Å²) in [6.45, 7) is 6.64. The maximum atomic E-state index is 11.5. The maximum absolute atomic E-state index is 11.5. The van der Waals surface area contributed by atoms with E-state index < -0.39 is 15.9 Å². The van der Waals surface area contributed by atoms with Crippen LogP contribution in [-0.4, -0.2) is 67.2 Å². The number of nitrogens with zero attached hydrogens (tertiary/aromatic N) is 1. The number of hydrogen-bond acceptors (Lipinski definition) is 5. The fourth-order valence-electron chi connectivity index (χ4n) is 2.72. The van der Waals surface area contributed by atoms with Crippen molar-refractivity contribution in [2.24, 2.45) is 0 Å². The van der Waals surface area contributed by atoms with Gasteiger partial charge in [-0.15, -0.1) is 0 Å². The molecule has 16 heavy (non-hydrogen) atoms. The van der Waals surface area contributed by atoms with Gasteiger partial charge in [-0.2, -0.15) is 0 Å². The summed E-state index contributed by atoms with van der Waals surface area (Å²) < 4.78 is 23.0. The summed E-state index contributed by atoms with van der Waals surface area (Å²) in [4.78, 5) is 2.14. The molecule has 2 heterocycles. The summed E-state index contributed by atoms with van der Waals surface area (Å²) in [6.07, 6.45) is -0.734. The molecule has 0 aromatic carbocycles. The standard InChI is InChI=1S/C10H20N2O3S/c1-10(2)7-11-3-4-12(10)8-5-16(14,15)6-9(8)13/h8-9,11,13H,3-7H2,1-2H3. The highest BCUT2D eigenvalue weighted by atomic mass is 32.2. The van der Waals surface area contributed by atoms with E-state index in [9.17, 15) is 13.5 Å². The molecule has 2 aliphatic rings. The van der Waals surface area contributed by atoms with Crippen LogP contribution in [-0.2, 0) is 9.84 Å². The number of piperazine rings is 1. The van der Waals surface area contributed by atoms with Crippen molar-refractivity contribution in [2.75, 3.05) is 31.1 Å². The number of rotatable bonds is 1. The second-order valence-electron chi connectivity index (χ2n) is 5.39. The van der Waals surface area contributed by atoms with Gasteiger partial charge in [0.2, 0.25) is 0 Å². The van der Waals surface area contributed by atoms with Gasteiger partial charge in [-0.05, 0) is 13.8 Å². The van der Waals surface area contributed by atoms with Crippen LogP contribution in [0.15, 0.2) is 0 Å². The van der Waals surface area contributed by atoms with Crippen LogP contribution >= 0.6 is 0 Å². The number of aliphatic hydroxyl groups is 1. The Morgan fingerprint density at radius 2 is 2.06 bits per heavy atom. The van der Waals surface area contributed by atoms with E-state index in [1.54, 1.807) is 0 Å². The van der Waals surface area contributed by atoms with Crippen molar-refractivity contribution in [3.8, 4) is 0 Å². The van der Waals surface area contributed by atoms with E-state index in [-0.39, 0.29) is 23.1 Å². The lowest BCUT2D eigenvalue weighted by molar-refractivity contribution is 0.00237. The molecule has 2 unspecified atom stereocenters. The molecule has 2 N–H and O–H groups in total. The maximum Gasteiger partial charge on any atom is 0.154 e. The Labute approximate surface area is 96.7 Å². The van der Waals surface area contributed by atoms with E-state index in [1.165, 1.54) is 0 Å². The van der Waals surface area contributed by atoms with Crippen LogP contribution in [0, 0.1) is 0 Å². The lowest BCUT2D eigenvalue weighted by atomic mass is 9.96. The largest absolute Gasteiger partial charge is 0.390 e. The Morgan fingerprint density at radius 3 is 2.56 bits per heavy atom. The normalized spacial score (nSPS) is 38.7. The van der Waals surface area contributed by atoms with E-state index in [2.05, 4.69) is 24.1 Å². The summed E-state index contributed by atoms with van der Waals surface area (Å²) >= 11 is 0. The molecule has 0 radical (unpaired) electrons. The summed E-state index contributed by atoms with van der Waals surface area (Å²) in [5.41, 5.74) is -0.0935. The molecule has 2 saturated heterocycles. The number of nitrogens with one attached hydrogen (secondary N) is 1. The van der Waals surface area contributed by atoms with Crippen molar-refractivity contribution in [1.82, 2.24) is 10.2 Å². The first kappa shape index (κ1) is 12.3. The van der Waals surface area contributed by atoms with Crippen LogP contribution in [0.25, 0.3) is 0 Å². The molecule has 5 nitrogen and oxygen atoms in total. The average molecular weight is 248 g/mol. The highest BCUT2D eigenvalue weighted by Crippen LogP contribution is 2.26. The van der Waals surface area contributed by atoms with E-state index in [4.69, 9.17) is 0 Å². The van der Waals surface area contributed by atoms with Crippen LogP contribution < -0.4 is 5.32 Å². The molecule has 0 saturated carbocycles. The van der Waals surface area contributed by atoms with Crippen LogP contribution in [0.5, 0.6) is 0 Å². The second kappa shape index (κ2) is 3.94. The van der Waals surface area contributed by atoms with Gasteiger partial charge < -0.3 is 10.4 Å².